The molecule has 2 saturated carbocycles. The molecular formula is C16H29NO2S. The normalized spacial score (nSPS) is 29.9. The van der Waals surface area contributed by atoms with Crippen LogP contribution in [0.25, 0.3) is 0 Å². The van der Waals surface area contributed by atoms with E-state index in [0.29, 0.717) is 12.0 Å². The highest BCUT2D eigenvalue weighted by Gasteiger charge is 2.51. The summed E-state index contributed by atoms with van der Waals surface area (Å²) in [7, 11) is 1.53. The molecule has 0 radical (unpaired) electrons. The van der Waals surface area contributed by atoms with Crippen molar-refractivity contribution in [3.05, 3.63) is 0 Å². The Morgan fingerprint density at radius 2 is 2.15 bits per heavy atom. The first-order valence-corrected chi connectivity index (χ1v) is 9.18. The Hall–Kier alpha value is -0.220. The largest absolute Gasteiger partial charge is 0.468 e. The first-order chi connectivity index (χ1) is 9.58. The van der Waals surface area contributed by atoms with Crippen LogP contribution in [0.5, 0.6) is 0 Å². The van der Waals surface area contributed by atoms with E-state index in [-0.39, 0.29) is 11.5 Å². The molecule has 0 aromatic heterocycles. The van der Waals surface area contributed by atoms with E-state index >= 15 is 0 Å². The maximum absolute atomic E-state index is 12.4. The van der Waals surface area contributed by atoms with Crippen LogP contribution < -0.4 is 5.32 Å². The van der Waals surface area contributed by atoms with E-state index in [1.54, 1.807) is 0 Å². The molecule has 0 aliphatic heterocycles. The van der Waals surface area contributed by atoms with Gasteiger partial charge in [-0.2, -0.15) is 11.8 Å². The molecule has 0 heterocycles. The predicted molar refractivity (Wildman–Crippen MR) is 85.0 cm³/mol. The number of hydrogen-bond donors (Lipinski definition) is 1. The van der Waals surface area contributed by atoms with Crippen LogP contribution in [0.4, 0.5) is 0 Å². The molecule has 0 aromatic rings. The molecule has 0 aromatic carbocycles. The molecule has 116 valence electrons. The lowest BCUT2D eigenvalue weighted by atomic mass is 9.84. The van der Waals surface area contributed by atoms with Gasteiger partial charge in [-0.15, -0.1) is 0 Å². The molecule has 20 heavy (non-hydrogen) atoms. The van der Waals surface area contributed by atoms with Gasteiger partial charge in [0.05, 0.1) is 7.11 Å². The highest BCUT2D eigenvalue weighted by atomic mass is 32.2. The summed E-state index contributed by atoms with van der Waals surface area (Å²) >= 11 is 2.02. The minimum Gasteiger partial charge on any atom is -0.468 e. The summed E-state index contributed by atoms with van der Waals surface area (Å²) in [5.41, 5.74) is -0.381. The summed E-state index contributed by atoms with van der Waals surface area (Å²) in [4.78, 5) is 12.4. The lowest BCUT2D eigenvalue weighted by Gasteiger charge is -2.34. The first kappa shape index (κ1) is 16.2. The van der Waals surface area contributed by atoms with Gasteiger partial charge in [0.15, 0.2) is 0 Å². The highest BCUT2D eigenvalue weighted by Crippen LogP contribution is 2.41. The van der Waals surface area contributed by atoms with Gasteiger partial charge in [-0.1, -0.05) is 20.3 Å². The van der Waals surface area contributed by atoms with Crippen molar-refractivity contribution in [3.8, 4) is 0 Å². The number of ether oxygens (including phenoxy) is 1. The first-order valence-electron chi connectivity index (χ1n) is 8.02. The molecule has 0 amide bonds. The monoisotopic (exact) mass is 299 g/mol. The van der Waals surface area contributed by atoms with Crippen LogP contribution in [0, 0.1) is 11.8 Å². The van der Waals surface area contributed by atoms with Gasteiger partial charge in [0.1, 0.15) is 5.54 Å². The maximum Gasteiger partial charge on any atom is 0.326 e. The third-order valence-corrected chi connectivity index (χ3v) is 5.90. The molecule has 2 fully saturated rings. The molecule has 2 aliphatic rings. The molecule has 3 nitrogen and oxygen atoms in total. The van der Waals surface area contributed by atoms with Crippen LogP contribution in [-0.2, 0) is 9.53 Å². The maximum atomic E-state index is 12.4. The number of carbonyl (C=O) groups excluding carboxylic acids is 1. The average molecular weight is 299 g/mol. The van der Waals surface area contributed by atoms with Crippen molar-refractivity contribution in [2.24, 2.45) is 11.8 Å². The zero-order valence-corrected chi connectivity index (χ0v) is 13.9. The Balaban J connectivity index is 1.91. The Labute approximate surface area is 127 Å². The SMILES string of the molecule is COC(=O)C1(NC2CC2)CCCC1CCSCC(C)C. The number of thioether (sulfide) groups is 1. The minimum atomic E-state index is -0.381. The van der Waals surface area contributed by atoms with Crippen LogP contribution in [0.3, 0.4) is 0 Å². The molecule has 0 saturated heterocycles. The third kappa shape index (κ3) is 3.91. The summed E-state index contributed by atoms with van der Waals surface area (Å²) in [6.45, 7) is 4.52. The van der Waals surface area contributed by atoms with E-state index in [9.17, 15) is 4.79 Å². The topological polar surface area (TPSA) is 38.3 Å². The van der Waals surface area contributed by atoms with E-state index in [1.807, 2.05) is 11.8 Å². The summed E-state index contributed by atoms with van der Waals surface area (Å²) in [5.74, 6) is 3.55. The fourth-order valence-electron chi connectivity index (χ4n) is 3.30. The molecule has 1 N–H and O–H groups in total. The predicted octanol–water partition coefficient (Wildman–Crippen LogP) is 3.23. The van der Waals surface area contributed by atoms with E-state index in [4.69, 9.17) is 4.74 Å². The Morgan fingerprint density at radius 3 is 2.75 bits per heavy atom. The molecule has 0 spiro atoms. The van der Waals surface area contributed by atoms with Crippen molar-refractivity contribution in [2.75, 3.05) is 18.6 Å². The van der Waals surface area contributed by atoms with Gasteiger partial charge < -0.3 is 4.74 Å². The van der Waals surface area contributed by atoms with Crippen molar-refractivity contribution < 1.29 is 9.53 Å². The summed E-state index contributed by atoms with van der Waals surface area (Å²) in [6.07, 6.45) is 6.83. The standard InChI is InChI=1S/C16H29NO2S/c1-12(2)11-20-10-8-13-5-4-9-16(13,15(18)19-3)17-14-6-7-14/h12-14,17H,4-11H2,1-3H3. The van der Waals surface area contributed by atoms with Crippen LogP contribution in [0.15, 0.2) is 0 Å². The molecule has 2 aliphatic carbocycles. The zero-order valence-electron chi connectivity index (χ0n) is 13.1. The second-order valence-electron chi connectivity index (χ2n) is 6.73. The van der Waals surface area contributed by atoms with Crippen LogP contribution >= 0.6 is 11.8 Å². The fourth-order valence-corrected chi connectivity index (χ4v) is 4.39. The van der Waals surface area contributed by atoms with Gasteiger partial charge in [0, 0.05) is 6.04 Å². The second kappa shape index (κ2) is 7.17. The number of rotatable bonds is 8. The molecule has 4 heteroatoms. The smallest absolute Gasteiger partial charge is 0.326 e. The van der Waals surface area contributed by atoms with Gasteiger partial charge in [-0.25, -0.2) is 0 Å². The summed E-state index contributed by atoms with van der Waals surface area (Å²) in [6, 6.07) is 0.554. The van der Waals surface area contributed by atoms with E-state index < -0.39 is 0 Å². The van der Waals surface area contributed by atoms with Crippen LogP contribution in [0.2, 0.25) is 0 Å². The molecular weight excluding hydrogens is 270 g/mol. The van der Waals surface area contributed by atoms with E-state index in [2.05, 4.69) is 19.2 Å². The number of carbonyl (C=O) groups is 1. The Bertz CT molecular complexity index is 330. The van der Waals surface area contributed by atoms with Gasteiger partial charge in [-0.05, 0) is 55.4 Å². The van der Waals surface area contributed by atoms with Gasteiger partial charge in [0.25, 0.3) is 0 Å². The van der Waals surface area contributed by atoms with E-state index in [0.717, 1.165) is 37.4 Å². The Kier molecular flexibility index (Phi) is 5.79. The fraction of sp³-hybridized carbons (Fsp3) is 0.938. The lowest BCUT2D eigenvalue weighted by Crippen LogP contribution is -2.56. The van der Waals surface area contributed by atoms with Gasteiger partial charge in [-0.3, -0.25) is 10.1 Å². The molecule has 2 unspecified atom stereocenters. The molecule has 0 bridgehead atoms. The molecule has 2 atom stereocenters. The highest BCUT2D eigenvalue weighted by molar-refractivity contribution is 7.99. The van der Waals surface area contributed by atoms with Crippen molar-refractivity contribution in [1.29, 1.82) is 0 Å². The number of nitrogens with one attached hydrogen (secondary N) is 1. The molecule has 2 rings (SSSR count). The second-order valence-corrected chi connectivity index (χ2v) is 7.88. The number of esters is 1. The van der Waals surface area contributed by atoms with Crippen molar-refractivity contribution in [2.45, 2.75) is 64.0 Å². The van der Waals surface area contributed by atoms with E-state index in [1.165, 1.54) is 25.7 Å². The van der Waals surface area contributed by atoms with Gasteiger partial charge >= 0.3 is 5.97 Å². The van der Waals surface area contributed by atoms with Crippen molar-refractivity contribution in [3.63, 3.8) is 0 Å². The average Bonchev–Trinajstić information content (AvgIpc) is 3.13. The number of methoxy groups -OCH3 is 1. The third-order valence-electron chi connectivity index (χ3n) is 4.47. The van der Waals surface area contributed by atoms with Crippen LogP contribution in [0.1, 0.15) is 52.4 Å². The number of hydrogen-bond acceptors (Lipinski definition) is 4. The van der Waals surface area contributed by atoms with Crippen molar-refractivity contribution in [1.82, 2.24) is 5.32 Å². The zero-order chi connectivity index (χ0) is 14.6. The lowest BCUT2D eigenvalue weighted by molar-refractivity contribution is -0.150. The minimum absolute atomic E-state index is 0.0271. The van der Waals surface area contributed by atoms with Gasteiger partial charge in [0.2, 0.25) is 0 Å². The Morgan fingerprint density at radius 1 is 1.40 bits per heavy atom. The van der Waals surface area contributed by atoms with Crippen molar-refractivity contribution >= 4 is 17.7 Å². The van der Waals surface area contributed by atoms with Crippen LogP contribution in [-0.4, -0.2) is 36.2 Å². The quantitative estimate of drug-likeness (QED) is 0.551. The summed E-state index contributed by atoms with van der Waals surface area (Å²) < 4.78 is 5.13. The summed E-state index contributed by atoms with van der Waals surface area (Å²) in [5, 5.41) is 3.63.